The number of benzene rings is 2. The number of carboxylic acids is 2. The van der Waals surface area contributed by atoms with E-state index in [4.69, 9.17) is 29.3 Å². The summed E-state index contributed by atoms with van der Waals surface area (Å²) in [5.41, 5.74) is 2.73. The van der Waals surface area contributed by atoms with E-state index in [-0.39, 0.29) is 11.6 Å². The molecule has 0 fully saturated rings. The Kier molecular flexibility index (Phi) is 7.06. The van der Waals surface area contributed by atoms with Gasteiger partial charge in [-0.1, -0.05) is 18.2 Å². The largest absolute Gasteiger partial charge is 0.486 e. The second kappa shape index (κ2) is 9.92. The zero-order valence-electron chi connectivity index (χ0n) is 17.5. The Labute approximate surface area is 182 Å². The van der Waals surface area contributed by atoms with Crippen molar-refractivity contribution in [1.82, 2.24) is 15.3 Å². The predicted octanol–water partition coefficient (Wildman–Crippen LogP) is 2.01. The predicted molar refractivity (Wildman–Crippen MR) is 115 cm³/mol. The van der Waals surface area contributed by atoms with E-state index in [0.29, 0.717) is 31.0 Å². The number of aliphatic carboxylic acids is 2. The van der Waals surface area contributed by atoms with Crippen LogP contribution < -0.4 is 20.3 Å². The number of aromatic amines is 1. The first-order valence-electron chi connectivity index (χ1n) is 9.84. The van der Waals surface area contributed by atoms with Crippen LogP contribution in [0.3, 0.4) is 0 Å². The van der Waals surface area contributed by atoms with Crippen molar-refractivity contribution in [2.24, 2.45) is 0 Å². The van der Waals surface area contributed by atoms with Crippen molar-refractivity contribution in [1.29, 1.82) is 0 Å². The van der Waals surface area contributed by atoms with E-state index in [1.54, 1.807) is 6.07 Å². The smallest absolute Gasteiger partial charge is 0.414 e. The van der Waals surface area contributed by atoms with Crippen LogP contribution in [-0.4, -0.2) is 45.3 Å². The SMILES string of the molecule is Cc1cccc2c(=O)[nH]c(CNC(C)c3ccc4c(c3)OCCO4)nc12.O=C(O)C(=O)O. The number of hydrogen-bond donors (Lipinski definition) is 4. The van der Waals surface area contributed by atoms with Crippen molar-refractivity contribution in [3.63, 3.8) is 0 Å². The van der Waals surface area contributed by atoms with Crippen molar-refractivity contribution < 1.29 is 29.3 Å². The van der Waals surface area contributed by atoms with Crippen molar-refractivity contribution >= 4 is 22.8 Å². The van der Waals surface area contributed by atoms with E-state index in [0.717, 1.165) is 28.1 Å². The maximum absolute atomic E-state index is 12.3. The number of carbonyl (C=O) groups is 2. The fourth-order valence-electron chi connectivity index (χ4n) is 3.13. The Bertz CT molecular complexity index is 1190. The fraction of sp³-hybridized carbons (Fsp3) is 0.273. The number of aryl methyl sites for hydroxylation is 1. The minimum Gasteiger partial charge on any atom is -0.486 e. The van der Waals surface area contributed by atoms with E-state index < -0.39 is 11.9 Å². The lowest BCUT2D eigenvalue weighted by Gasteiger charge is -2.21. The third-order valence-corrected chi connectivity index (χ3v) is 4.81. The summed E-state index contributed by atoms with van der Waals surface area (Å²) >= 11 is 0. The number of H-pyrrole nitrogens is 1. The third-order valence-electron chi connectivity index (χ3n) is 4.81. The number of carboxylic acid groups (broad SMARTS) is 2. The Morgan fingerprint density at radius 1 is 1.12 bits per heavy atom. The quantitative estimate of drug-likeness (QED) is 0.446. The van der Waals surface area contributed by atoms with Crippen molar-refractivity contribution in [3.8, 4) is 11.5 Å². The lowest BCUT2D eigenvalue weighted by molar-refractivity contribution is -0.159. The minimum atomic E-state index is -1.82. The zero-order valence-corrected chi connectivity index (χ0v) is 17.5. The third kappa shape index (κ3) is 5.41. The van der Waals surface area contributed by atoms with E-state index in [9.17, 15) is 4.79 Å². The normalized spacial score (nSPS) is 13.1. The summed E-state index contributed by atoms with van der Waals surface area (Å²) in [6.07, 6.45) is 0. The summed E-state index contributed by atoms with van der Waals surface area (Å²) in [6.45, 7) is 5.65. The van der Waals surface area contributed by atoms with Gasteiger partial charge in [0.15, 0.2) is 11.5 Å². The molecular weight excluding hydrogens is 418 g/mol. The van der Waals surface area contributed by atoms with Gasteiger partial charge >= 0.3 is 11.9 Å². The van der Waals surface area contributed by atoms with Gasteiger partial charge in [-0.25, -0.2) is 14.6 Å². The maximum Gasteiger partial charge on any atom is 0.414 e. The molecule has 1 unspecified atom stereocenters. The van der Waals surface area contributed by atoms with Gasteiger partial charge in [-0.3, -0.25) is 4.79 Å². The maximum atomic E-state index is 12.3. The first kappa shape index (κ1) is 22.8. The van der Waals surface area contributed by atoms with Gasteiger partial charge < -0.3 is 30.0 Å². The molecule has 0 saturated carbocycles. The van der Waals surface area contributed by atoms with Crippen molar-refractivity contribution in [2.75, 3.05) is 13.2 Å². The summed E-state index contributed by atoms with van der Waals surface area (Å²) in [7, 11) is 0. The molecule has 1 aromatic heterocycles. The average molecular weight is 441 g/mol. The molecule has 0 spiro atoms. The lowest BCUT2D eigenvalue weighted by Crippen LogP contribution is -2.23. The van der Waals surface area contributed by atoms with Gasteiger partial charge in [0.2, 0.25) is 0 Å². The number of nitrogens with zero attached hydrogens (tertiary/aromatic N) is 1. The number of fused-ring (bicyclic) bond motifs is 2. The number of ether oxygens (including phenoxy) is 2. The number of aromatic nitrogens is 2. The number of para-hydroxylation sites is 1. The molecule has 0 bridgehead atoms. The Morgan fingerprint density at radius 3 is 2.50 bits per heavy atom. The molecule has 10 heteroatoms. The average Bonchev–Trinajstić information content (AvgIpc) is 2.78. The van der Waals surface area contributed by atoms with Crippen LogP contribution in [0.25, 0.3) is 10.9 Å². The molecule has 2 heterocycles. The van der Waals surface area contributed by atoms with Crippen LogP contribution in [-0.2, 0) is 16.1 Å². The molecule has 1 aliphatic rings. The first-order chi connectivity index (χ1) is 15.3. The summed E-state index contributed by atoms with van der Waals surface area (Å²) in [6, 6.07) is 11.6. The monoisotopic (exact) mass is 441 g/mol. The van der Waals surface area contributed by atoms with Gasteiger partial charge in [0, 0.05) is 6.04 Å². The fourth-order valence-corrected chi connectivity index (χ4v) is 3.13. The molecule has 168 valence electrons. The Morgan fingerprint density at radius 2 is 1.81 bits per heavy atom. The summed E-state index contributed by atoms with van der Waals surface area (Å²) in [5, 5.41) is 18.8. The number of hydrogen-bond acceptors (Lipinski definition) is 7. The molecule has 2 aromatic carbocycles. The summed E-state index contributed by atoms with van der Waals surface area (Å²) < 4.78 is 11.2. The second-order valence-electron chi connectivity index (χ2n) is 7.10. The van der Waals surface area contributed by atoms with Crippen LogP contribution in [0.5, 0.6) is 11.5 Å². The van der Waals surface area contributed by atoms with Gasteiger partial charge in [0.25, 0.3) is 5.56 Å². The molecule has 0 saturated heterocycles. The van der Waals surface area contributed by atoms with E-state index >= 15 is 0 Å². The zero-order chi connectivity index (χ0) is 23.3. The van der Waals surface area contributed by atoms with E-state index in [1.165, 1.54) is 0 Å². The van der Waals surface area contributed by atoms with Crippen molar-refractivity contribution in [2.45, 2.75) is 26.4 Å². The molecule has 32 heavy (non-hydrogen) atoms. The molecule has 0 aliphatic carbocycles. The van der Waals surface area contributed by atoms with E-state index in [2.05, 4.69) is 22.2 Å². The van der Waals surface area contributed by atoms with Gasteiger partial charge in [-0.2, -0.15) is 0 Å². The van der Waals surface area contributed by atoms with Crippen LogP contribution >= 0.6 is 0 Å². The molecule has 4 rings (SSSR count). The van der Waals surface area contributed by atoms with Gasteiger partial charge in [-0.15, -0.1) is 0 Å². The Balaban J connectivity index is 0.000000427. The van der Waals surface area contributed by atoms with E-state index in [1.807, 2.05) is 37.3 Å². The molecule has 10 nitrogen and oxygen atoms in total. The minimum absolute atomic E-state index is 0.0729. The van der Waals surface area contributed by atoms with Crippen molar-refractivity contribution in [3.05, 3.63) is 63.7 Å². The lowest BCUT2D eigenvalue weighted by atomic mass is 10.1. The number of nitrogens with one attached hydrogen (secondary N) is 2. The molecule has 3 aromatic rings. The van der Waals surface area contributed by atoms with Gasteiger partial charge in [0.1, 0.15) is 19.0 Å². The molecular formula is C22H23N3O7. The van der Waals surface area contributed by atoms with Crippen LogP contribution in [0.4, 0.5) is 0 Å². The van der Waals surface area contributed by atoms with Gasteiger partial charge in [-0.05, 0) is 43.2 Å². The van der Waals surface area contributed by atoms with Crippen LogP contribution in [0.1, 0.15) is 29.9 Å². The molecule has 1 atom stereocenters. The highest BCUT2D eigenvalue weighted by molar-refractivity contribution is 6.27. The molecule has 1 aliphatic heterocycles. The standard InChI is InChI=1S/C20H21N3O3.C2H2O4/c1-12-4-3-5-15-19(12)22-18(23-20(15)24)11-21-13(2)14-6-7-16-17(10-14)26-9-8-25-16;3-1(4)2(5)6/h3-7,10,13,21H,8-9,11H2,1-2H3,(H,22,23,24);(H,3,4)(H,5,6). The topological polar surface area (TPSA) is 151 Å². The highest BCUT2D eigenvalue weighted by Gasteiger charge is 2.15. The van der Waals surface area contributed by atoms with Crippen LogP contribution in [0.15, 0.2) is 41.2 Å². The van der Waals surface area contributed by atoms with Crippen LogP contribution in [0, 0.1) is 6.92 Å². The van der Waals surface area contributed by atoms with Gasteiger partial charge in [0.05, 0.1) is 17.4 Å². The molecule has 0 amide bonds. The number of rotatable bonds is 4. The molecule has 0 radical (unpaired) electrons. The molecule has 4 N–H and O–H groups in total. The van der Waals surface area contributed by atoms with Crippen LogP contribution in [0.2, 0.25) is 0 Å². The summed E-state index contributed by atoms with van der Waals surface area (Å²) in [5.74, 6) is -1.47. The second-order valence-corrected chi connectivity index (χ2v) is 7.10. The summed E-state index contributed by atoms with van der Waals surface area (Å²) in [4.78, 5) is 37.9. The first-order valence-corrected chi connectivity index (χ1v) is 9.84. The Hall–Kier alpha value is -3.92. The highest BCUT2D eigenvalue weighted by Crippen LogP contribution is 2.32. The highest BCUT2D eigenvalue weighted by atomic mass is 16.6.